The van der Waals surface area contributed by atoms with Crippen LogP contribution in [-0.4, -0.2) is 49.6 Å². The molecule has 1 aromatic carbocycles. The third-order valence-corrected chi connectivity index (χ3v) is 7.87. The van der Waals surface area contributed by atoms with E-state index < -0.39 is 0 Å². The van der Waals surface area contributed by atoms with Crippen molar-refractivity contribution in [2.45, 2.75) is 49.7 Å². The van der Waals surface area contributed by atoms with Crippen LogP contribution in [-0.2, 0) is 14.9 Å². The average Bonchev–Trinajstić information content (AvgIpc) is 2.90. The van der Waals surface area contributed by atoms with E-state index >= 15 is 0 Å². The fourth-order valence-electron chi connectivity index (χ4n) is 6.82. The number of ether oxygens (including phenoxy) is 2. The van der Waals surface area contributed by atoms with Crippen molar-refractivity contribution < 1.29 is 9.47 Å². The molecule has 0 radical (unpaired) electrons. The Balaban J connectivity index is 1.58. The van der Waals surface area contributed by atoms with Gasteiger partial charge in [0.1, 0.15) is 6.23 Å². The van der Waals surface area contributed by atoms with E-state index in [0.29, 0.717) is 30.1 Å². The lowest BCUT2D eigenvalue weighted by molar-refractivity contribution is -0.258. The van der Waals surface area contributed by atoms with Gasteiger partial charge in [-0.25, -0.2) is 0 Å². The van der Waals surface area contributed by atoms with Crippen LogP contribution in [0.1, 0.15) is 25.3 Å². The predicted octanol–water partition coefficient (Wildman–Crippen LogP) is 2.45. The number of fused-ring (bicyclic) bond motifs is 4. The first-order valence-electron chi connectivity index (χ1n) is 9.53. The lowest BCUT2D eigenvalue weighted by atomic mass is 9.54. The minimum atomic E-state index is 0.121. The maximum Gasteiger partial charge on any atom is 0.116 e. The molecule has 1 spiro atoms. The Kier molecular flexibility index (Phi) is 2.67. The summed E-state index contributed by atoms with van der Waals surface area (Å²) in [5.41, 5.74) is 2.94. The van der Waals surface area contributed by atoms with Crippen LogP contribution in [0.25, 0.3) is 0 Å². The molecule has 1 N–H and O–H groups in total. The van der Waals surface area contributed by atoms with Crippen LogP contribution in [0.15, 0.2) is 24.3 Å². The second-order valence-corrected chi connectivity index (χ2v) is 8.63. The summed E-state index contributed by atoms with van der Waals surface area (Å²) in [5, 5.41) is 3.92. The maximum atomic E-state index is 6.82. The number of anilines is 1. The number of rotatable bonds is 0. The standard InChI is InChI=1S/C20H26N2O2/c1-11-17-12-9-16-20(7-8-22(2)19(17)24-16)14-5-3-4-6-15(14)21-18(20)13(12)10-23-11/h3-6,11-13,16-19,21H,7-10H2,1-2H3/t11-,12-,13-,16+,17+,18+,19+,20-/m1/s1. The summed E-state index contributed by atoms with van der Waals surface area (Å²) in [4.78, 5) is 2.46. The number of hydrogen-bond acceptors (Lipinski definition) is 4. The summed E-state index contributed by atoms with van der Waals surface area (Å²) in [6.07, 6.45) is 3.26. The van der Waals surface area contributed by atoms with Crippen LogP contribution in [0, 0.1) is 17.8 Å². The van der Waals surface area contributed by atoms with E-state index in [0.717, 1.165) is 19.1 Å². The largest absolute Gasteiger partial charge is 0.381 e. The third kappa shape index (κ3) is 1.48. The van der Waals surface area contributed by atoms with Crippen molar-refractivity contribution in [1.29, 1.82) is 0 Å². The van der Waals surface area contributed by atoms with Gasteiger partial charge in [-0.05, 0) is 44.4 Å². The Hall–Kier alpha value is -1.10. The first kappa shape index (κ1) is 14.1. The zero-order valence-electron chi connectivity index (χ0n) is 14.4. The van der Waals surface area contributed by atoms with Crippen molar-refractivity contribution in [3.05, 3.63) is 29.8 Å². The van der Waals surface area contributed by atoms with E-state index in [2.05, 4.69) is 48.5 Å². The normalized spacial score (nSPS) is 51.5. The molecule has 6 rings (SSSR count). The second kappa shape index (κ2) is 4.54. The molecular weight excluding hydrogens is 300 g/mol. The molecule has 0 unspecified atom stereocenters. The second-order valence-electron chi connectivity index (χ2n) is 8.63. The molecule has 3 saturated heterocycles. The highest BCUT2D eigenvalue weighted by Crippen LogP contribution is 2.61. The quantitative estimate of drug-likeness (QED) is 0.794. The van der Waals surface area contributed by atoms with Gasteiger partial charge >= 0.3 is 0 Å². The van der Waals surface area contributed by atoms with Crippen LogP contribution in [0.4, 0.5) is 5.69 Å². The molecule has 0 aromatic heterocycles. The molecular formula is C20H26N2O2. The molecule has 4 heterocycles. The average molecular weight is 326 g/mol. The number of hydrogen-bond donors (Lipinski definition) is 1. The van der Waals surface area contributed by atoms with E-state index in [1.54, 1.807) is 0 Å². The zero-order valence-corrected chi connectivity index (χ0v) is 14.4. The van der Waals surface area contributed by atoms with Crippen molar-refractivity contribution in [3.8, 4) is 0 Å². The smallest absolute Gasteiger partial charge is 0.116 e. The van der Waals surface area contributed by atoms with Crippen molar-refractivity contribution in [3.63, 3.8) is 0 Å². The van der Waals surface area contributed by atoms with Crippen molar-refractivity contribution in [1.82, 2.24) is 4.90 Å². The summed E-state index contributed by atoms with van der Waals surface area (Å²) in [5.74, 6) is 1.83. The van der Waals surface area contributed by atoms with Crippen molar-refractivity contribution >= 4 is 5.69 Å². The van der Waals surface area contributed by atoms with E-state index in [1.165, 1.54) is 24.1 Å². The van der Waals surface area contributed by atoms with Crippen LogP contribution < -0.4 is 5.32 Å². The Morgan fingerprint density at radius 1 is 1.25 bits per heavy atom. The van der Waals surface area contributed by atoms with Gasteiger partial charge in [0.2, 0.25) is 0 Å². The summed E-state index contributed by atoms with van der Waals surface area (Å²) in [6.45, 7) is 4.26. The number of benzene rings is 1. The lowest BCUT2D eigenvalue weighted by Crippen LogP contribution is -2.68. The fraction of sp³-hybridized carbons (Fsp3) is 0.700. The van der Waals surface area contributed by atoms with Crippen molar-refractivity contribution in [2.75, 3.05) is 25.5 Å². The topological polar surface area (TPSA) is 33.7 Å². The first-order chi connectivity index (χ1) is 11.7. The highest BCUT2D eigenvalue weighted by atomic mass is 16.5. The maximum absolute atomic E-state index is 6.82. The molecule has 3 bridgehead atoms. The number of nitrogens with one attached hydrogen (secondary N) is 1. The molecule has 4 nitrogen and oxygen atoms in total. The molecule has 1 saturated carbocycles. The van der Waals surface area contributed by atoms with Crippen LogP contribution in [0.2, 0.25) is 0 Å². The summed E-state index contributed by atoms with van der Waals surface area (Å²) in [7, 11) is 2.24. The van der Waals surface area contributed by atoms with Gasteiger partial charge in [-0.2, -0.15) is 0 Å². The monoisotopic (exact) mass is 326 g/mol. The minimum Gasteiger partial charge on any atom is -0.381 e. The summed E-state index contributed by atoms with van der Waals surface area (Å²) >= 11 is 0. The number of para-hydroxylation sites is 1. The van der Waals surface area contributed by atoms with Gasteiger partial charge in [0.15, 0.2) is 0 Å². The molecule has 8 atom stereocenters. The zero-order chi connectivity index (χ0) is 16.1. The van der Waals surface area contributed by atoms with E-state index in [9.17, 15) is 0 Å². The molecule has 4 aliphatic heterocycles. The van der Waals surface area contributed by atoms with Gasteiger partial charge in [-0.15, -0.1) is 0 Å². The molecule has 128 valence electrons. The third-order valence-electron chi connectivity index (χ3n) is 7.87. The fourth-order valence-corrected chi connectivity index (χ4v) is 6.82. The van der Waals surface area contributed by atoms with E-state index in [4.69, 9.17) is 9.47 Å². The van der Waals surface area contributed by atoms with Crippen molar-refractivity contribution in [2.24, 2.45) is 17.8 Å². The molecule has 4 fully saturated rings. The van der Waals surface area contributed by atoms with E-state index in [-0.39, 0.29) is 11.6 Å². The highest BCUT2D eigenvalue weighted by Gasteiger charge is 2.67. The number of nitrogens with zero attached hydrogens (tertiary/aromatic N) is 1. The first-order valence-corrected chi connectivity index (χ1v) is 9.53. The van der Waals surface area contributed by atoms with Gasteiger partial charge in [0.25, 0.3) is 0 Å². The Morgan fingerprint density at radius 2 is 2.12 bits per heavy atom. The van der Waals surface area contributed by atoms with Gasteiger partial charge in [0.05, 0.1) is 18.8 Å². The van der Waals surface area contributed by atoms with Gasteiger partial charge in [-0.3, -0.25) is 4.90 Å². The highest BCUT2D eigenvalue weighted by molar-refractivity contribution is 5.64. The SMILES string of the molecule is C[C@H]1OC[C@@H]2[C@H]3C[C@@H]4O[C@@H]([C@H]31)N(C)CC[C@@]41c3ccccc3N[C@@H]21. The molecule has 1 aromatic rings. The summed E-state index contributed by atoms with van der Waals surface area (Å²) in [6, 6.07) is 9.40. The predicted molar refractivity (Wildman–Crippen MR) is 91.9 cm³/mol. The van der Waals surface area contributed by atoms with Crippen LogP contribution in [0.3, 0.4) is 0 Å². The Labute approximate surface area is 143 Å². The molecule has 5 aliphatic rings. The molecule has 0 amide bonds. The molecule has 1 aliphatic carbocycles. The lowest BCUT2D eigenvalue weighted by Gasteiger charge is -2.60. The molecule has 24 heavy (non-hydrogen) atoms. The van der Waals surface area contributed by atoms with E-state index in [1.807, 2.05) is 0 Å². The molecule has 4 heteroatoms. The van der Waals surface area contributed by atoms with Crippen LogP contribution >= 0.6 is 0 Å². The van der Waals surface area contributed by atoms with Gasteiger partial charge in [-0.1, -0.05) is 18.2 Å². The van der Waals surface area contributed by atoms with Gasteiger partial charge in [0, 0.05) is 35.5 Å². The van der Waals surface area contributed by atoms with Gasteiger partial charge < -0.3 is 14.8 Å². The van der Waals surface area contributed by atoms with Crippen LogP contribution in [0.5, 0.6) is 0 Å². The Bertz CT molecular complexity index is 694. The minimum absolute atomic E-state index is 0.121. The summed E-state index contributed by atoms with van der Waals surface area (Å²) < 4.78 is 13.1. The Morgan fingerprint density at radius 3 is 3.04 bits per heavy atom.